The van der Waals surface area contributed by atoms with Gasteiger partial charge in [0.25, 0.3) is 21.8 Å². The van der Waals surface area contributed by atoms with E-state index < -0.39 is 42.9 Å². The number of anilines is 2. The average Bonchev–Trinajstić information content (AvgIpc) is 3.95. The third-order valence-corrected chi connectivity index (χ3v) is 16.5. The summed E-state index contributed by atoms with van der Waals surface area (Å²) in [6.45, 7) is 7.76. The molecule has 3 aliphatic carbocycles. The lowest BCUT2D eigenvalue weighted by Gasteiger charge is -2.57. The third kappa shape index (κ3) is 9.33. The fourth-order valence-electron chi connectivity index (χ4n) is 11.2. The number of benzene rings is 2. The number of piperidine rings is 1. The number of nitro groups is 1. The van der Waals surface area contributed by atoms with E-state index in [0.29, 0.717) is 31.3 Å². The maximum Gasteiger partial charge on any atom is 0.312 e. The van der Waals surface area contributed by atoms with Gasteiger partial charge in [0.05, 0.1) is 34.3 Å². The lowest BCUT2D eigenvalue weighted by molar-refractivity contribution is -0.384. The minimum absolute atomic E-state index is 0.00514. The minimum Gasteiger partial charge on any atom is -0.475 e. The fourth-order valence-corrected chi connectivity index (χ4v) is 12.1. The predicted molar refractivity (Wildman–Crippen MR) is 255 cm³/mol. The van der Waals surface area contributed by atoms with Crippen LogP contribution in [0.25, 0.3) is 11.0 Å². The van der Waals surface area contributed by atoms with Gasteiger partial charge >= 0.3 is 5.69 Å². The Morgan fingerprint density at radius 3 is 2.47 bits per heavy atom. The van der Waals surface area contributed by atoms with Crippen molar-refractivity contribution in [3.8, 4) is 17.4 Å². The Morgan fingerprint density at radius 2 is 1.75 bits per heavy atom. The Hall–Kier alpha value is -5.85. The van der Waals surface area contributed by atoms with Gasteiger partial charge in [-0.05, 0) is 124 Å². The number of H-pyrrole nitrogens is 1. The highest BCUT2D eigenvalue weighted by molar-refractivity contribution is 7.90. The molecule has 18 heteroatoms. The molecule has 0 unspecified atom stereocenters. The number of amides is 1. The van der Waals surface area contributed by atoms with E-state index in [-0.39, 0.29) is 57.7 Å². The van der Waals surface area contributed by atoms with Crippen molar-refractivity contribution >= 4 is 44.2 Å². The number of nitrogens with one attached hydrogen (secondary N) is 3. The number of aromatic amines is 1. The standard InChI is InChI=1S/C50H59FN8O8S/c1-3-66-48-44(25-39-40(51)28-54-45(39)55-48)67-43-23-33(57-21-19-50(20-22-57)29-58(30-50)41-10-6-9-37(41)36-8-5-4-7-35(36)32-11-12-32)13-14-38(43)47(60)56-68(64,65)34-24-42(59(62)63)46(53-27-34)52-26-31-15-17-49(2,61)18-16-31/h4-5,7-8,13-14,23-25,27-28,31-32,37,41,61H,3,6,9-12,15-22,26,29-30H2,1-2H3,(H,52,53)(H,54,55)(H,56,60)/t31?,37-,41-,49?/m0/s1. The van der Waals surface area contributed by atoms with Crippen molar-refractivity contribution in [3.05, 3.63) is 99.6 Å². The Bertz CT molecular complexity index is 2830. The highest BCUT2D eigenvalue weighted by Gasteiger charge is 2.50. The first kappa shape index (κ1) is 45.9. The van der Waals surface area contributed by atoms with Gasteiger partial charge < -0.3 is 29.8 Å². The van der Waals surface area contributed by atoms with Gasteiger partial charge in [0, 0.05) is 68.8 Å². The molecule has 68 heavy (non-hydrogen) atoms. The van der Waals surface area contributed by atoms with Gasteiger partial charge in [-0.1, -0.05) is 30.7 Å². The van der Waals surface area contributed by atoms with Crippen LogP contribution in [-0.4, -0.2) is 95.2 Å². The molecular weight excluding hydrogens is 892 g/mol. The summed E-state index contributed by atoms with van der Waals surface area (Å²) >= 11 is 0. The Labute approximate surface area is 395 Å². The number of carbonyl (C=O) groups is 1. The van der Waals surface area contributed by atoms with E-state index in [1.54, 1.807) is 37.1 Å². The number of nitrogens with zero attached hydrogens (tertiary/aromatic N) is 5. The van der Waals surface area contributed by atoms with Crippen molar-refractivity contribution in [2.75, 3.05) is 49.5 Å². The lowest BCUT2D eigenvalue weighted by Crippen LogP contribution is -2.63. The number of aromatic nitrogens is 3. The van der Waals surface area contributed by atoms with Gasteiger partial charge in [0.15, 0.2) is 5.75 Å². The van der Waals surface area contributed by atoms with Crippen LogP contribution in [0.1, 0.15) is 118 Å². The van der Waals surface area contributed by atoms with Crippen molar-refractivity contribution in [2.24, 2.45) is 11.3 Å². The van der Waals surface area contributed by atoms with Crippen LogP contribution in [0.15, 0.2) is 71.9 Å². The van der Waals surface area contributed by atoms with Crippen molar-refractivity contribution in [2.45, 2.75) is 113 Å². The average molecular weight is 951 g/mol. The largest absolute Gasteiger partial charge is 0.475 e. The maximum atomic E-state index is 14.9. The van der Waals surface area contributed by atoms with Gasteiger partial charge in [-0.3, -0.25) is 19.8 Å². The molecule has 3 aromatic heterocycles. The SMILES string of the molecule is CCOc1nc2[nH]cc(F)c2cc1Oc1cc(N2CCC3(CC2)CN([C@H]2CCC[C@H]2c2ccccc2C2CC2)C3)ccc1C(=O)NS(=O)(=O)c1cnc(NCC2CCC(C)(O)CC2)c([N+](=O)[O-])c1. The van der Waals surface area contributed by atoms with Crippen LogP contribution >= 0.6 is 0 Å². The number of sulfonamides is 1. The van der Waals surface area contributed by atoms with E-state index in [1.165, 1.54) is 44.2 Å². The second kappa shape index (κ2) is 18.2. The molecule has 0 bridgehead atoms. The van der Waals surface area contributed by atoms with E-state index in [1.807, 2.05) is 0 Å². The van der Waals surface area contributed by atoms with Gasteiger partial charge in [0.1, 0.15) is 22.1 Å². The normalized spacial score (nSPS) is 23.9. The molecule has 5 heterocycles. The second-order valence-corrected chi connectivity index (χ2v) is 21.7. The molecule has 5 fully saturated rings. The number of pyridine rings is 2. The molecule has 2 atom stereocenters. The van der Waals surface area contributed by atoms with Crippen LogP contribution in [0.4, 0.5) is 21.6 Å². The molecule has 3 saturated carbocycles. The molecule has 4 N–H and O–H groups in total. The Kier molecular flexibility index (Phi) is 12.3. The smallest absolute Gasteiger partial charge is 0.312 e. The van der Waals surface area contributed by atoms with Crippen LogP contribution in [0, 0.1) is 27.3 Å². The Balaban J connectivity index is 0.869. The zero-order valence-electron chi connectivity index (χ0n) is 38.5. The maximum absolute atomic E-state index is 14.9. The number of halogens is 1. The van der Waals surface area contributed by atoms with Crippen molar-refractivity contribution in [1.82, 2.24) is 24.6 Å². The first-order chi connectivity index (χ1) is 32.7. The second-order valence-electron chi connectivity index (χ2n) is 20.0. The molecule has 360 valence electrons. The summed E-state index contributed by atoms with van der Waals surface area (Å²) in [5, 5.41) is 25.6. The number of aliphatic hydroxyl groups is 1. The molecule has 1 spiro atoms. The van der Waals surface area contributed by atoms with Crippen LogP contribution in [-0.2, 0) is 10.0 Å². The summed E-state index contributed by atoms with van der Waals surface area (Å²) in [6, 6.07) is 16.8. The molecule has 10 rings (SSSR count). The summed E-state index contributed by atoms with van der Waals surface area (Å²) in [4.78, 5) is 41.2. The summed E-state index contributed by atoms with van der Waals surface area (Å²) in [6.07, 6.45) is 13.0. The highest BCUT2D eigenvalue weighted by Crippen LogP contribution is 2.51. The topological polar surface area (TPSA) is 205 Å². The zero-order chi connectivity index (χ0) is 47.4. The number of fused-ring (bicyclic) bond motifs is 1. The van der Waals surface area contributed by atoms with Gasteiger partial charge in [-0.2, -0.15) is 4.98 Å². The summed E-state index contributed by atoms with van der Waals surface area (Å²) in [5.74, 6) is -0.299. The molecule has 1 amide bonds. The van der Waals surface area contributed by atoms with Crippen LogP contribution < -0.4 is 24.4 Å². The number of ether oxygens (including phenoxy) is 2. The van der Waals surface area contributed by atoms with E-state index in [2.05, 4.69) is 59.1 Å². The molecule has 0 radical (unpaired) electrons. The van der Waals surface area contributed by atoms with E-state index >= 15 is 0 Å². The Morgan fingerprint density at radius 1 is 1.00 bits per heavy atom. The molecule has 16 nitrogen and oxygen atoms in total. The van der Waals surface area contributed by atoms with E-state index in [4.69, 9.17) is 9.47 Å². The van der Waals surface area contributed by atoms with Crippen molar-refractivity contribution in [3.63, 3.8) is 0 Å². The number of likely N-dealkylation sites (tertiary alicyclic amines) is 1. The summed E-state index contributed by atoms with van der Waals surface area (Å²) < 4.78 is 56.8. The van der Waals surface area contributed by atoms with Crippen molar-refractivity contribution < 1.29 is 37.1 Å². The summed E-state index contributed by atoms with van der Waals surface area (Å²) in [5.41, 5.74) is 2.84. The van der Waals surface area contributed by atoms with Crippen molar-refractivity contribution in [1.29, 1.82) is 0 Å². The molecule has 5 aliphatic rings. The first-order valence-electron chi connectivity index (χ1n) is 24.1. The fraction of sp³-hybridized carbons (Fsp3) is 0.500. The number of rotatable bonds is 15. The molecule has 2 aliphatic heterocycles. The lowest BCUT2D eigenvalue weighted by atomic mass is 9.70. The van der Waals surface area contributed by atoms with E-state index in [0.717, 1.165) is 81.9 Å². The van der Waals surface area contributed by atoms with E-state index in [9.17, 15) is 32.8 Å². The number of hydrogen-bond donors (Lipinski definition) is 4. The van der Waals surface area contributed by atoms with Gasteiger partial charge in [-0.25, -0.2) is 22.5 Å². The zero-order valence-corrected chi connectivity index (χ0v) is 39.3. The monoisotopic (exact) mass is 950 g/mol. The molecule has 2 saturated heterocycles. The molecular formula is C50H59FN8O8S. The van der Waals surface area contributed by atoms with Crippen LogP contribution in [0.2, 0.25) is 0 Å². The number of carbonyl (C=O) groups excluding carboxylic acids is 1. The quantitative estimate of drug-likeness (QED) is 0.0573. The van der Waals surface area contributed by atoms with Gasteiger partial charge in [0.2, 0.25) is 5.82 Å². The number of hydrogen-bond acceptors (Lipinski definition) is 13. The van der Waals surface area contributed by atoms with Crippen LogP contribution in [0.3, 0.4) is 0 Å². The molecule has 5 aromatic rings. The van der Waals surface area contributed by atoms with Crippen LogP contribution in [0.5, 0.6) is 17.4 Å². The predicted octanol–water partition coefficient (Wildman–Crippen LogP) is 8.78. The minimum atomic E-state index is -4.72. The van der Waals surface area contributed by atoms with Gasteiger partial charge in [-0.15, -0.1) is 0 Å². The third-order valence-electron chi connectivity index (χ3n) is 15.2. The summed E-state index contributed by atoms with van der Waals surface area (Å²) in [7, 11) is -4.72. The first-order valence-corrected chi connectivity index (χ1v) is 25.5. The molecule has 2 aromatic carbocycles. The highest BCUT2D eigenvalue weighted by atomic mass is 32.2.